The summed E-state index contributed by atoms with van der Waals surface area (Å²) in [6, 6.07) is 19.0. The Balaban J connectivity index is 2.11. The Bertz CT molecular complexity index is 1460. The molecule has 0 saturated heterocycles. The number of nitrogens with one attached hydrogen (secondary N) is 1. The third-order valence-corrected chi connectivity index (χ3v) is 8.30. The van der Waals surface area contributed by atoms with Crippen LogP contribution in [0.4, 0.5) is 5.69 Å². The molecule has 214 valence electrons. The molecule has 0 aliphatic carbocycles. The normalized spacial score (nSPS) is 12.4. The van der Waals surface area contributed by atoms with Gasteiger partial charge >= 0.3 is 0 Å². The summed E-state index contributed by atoms with van der Waals surface area (Å²) in [7, 11) is -2.83. The van der Waals surface area contributed by atoms with E-state index >= 15 is 0 Å². The highest BCUT2D eigenvalue weighted by Gasteiger charge is 2.34. The fourth-order valence-corrected chi connectivity index (χ4v) is 5.72. The first-order valence-corrected chi connectivity index (χ1v) is 14.6. The van der Waals surface area contributed by atoms with E-state index in [-0.39, 0.29) is 33.8 Å². The minimum Gasteiger partial charge on any atom is -0.495 e. The number of hydrogen-bond acceptors (Lipinski definition) is 5. The van der Waals surface area contributed by atoms with Crippen LogP contribution in [-0.2, 0) is 26.2 Å². The molecular formula is C30H36ClN3O5S. The number of hydrogen-bond donors (Lipinski definition) is 1. The van der Waals surface area contributed by atoms with Gasteiger partial charge in [-0.2, -0.15) is 0 Å². The second-order valence-electron chi connectivity index (χ2n) is 10.5. The third kappa shape index (κ3) is 7.55. The fourth-order valence-electron chi connectivity index (χ4n) is 4.12. The first-order chi connectivity index (χ1) is 18.7. The van der Waals surface area contributed by atoms with E-state index in [0.717, 1.165) is 15.4 Å². The Kier molecular flexibility index (Phi) is 9.87. The van der Waals surface area contributed by atoms with Crippen molar-refractivity contribution < 1.29 is 22.7 Å². The molecule has 0 saturated carbocycles. The van der Waals surface area contributed by atoms with Crippen LogP contribution in [0.25, 0.3) is 0 Å². The molecule has 0 radical (unpaired) electrons. The van der Waals surface area contributed by atoms with Gasteiger partial charge in [-0.15, -0.1) is 0 Å². The van der Waals surface area contributed by atoms with Gasteiger partial charge in [0.15, 0.2) is 0 Å². The number of rotatable bonds is 10. The highest BCUT2D eigenvalue weighted by Crippen LogP contribution is 2.35. The Morgan fingerprint density at radius 3 is 2.23 bits per heavy atom. The molecular weight excluding hydrogens is 550 g/mol. The molecule has 2 amide bonds. The van der Waals surface area contributed by atoms with E-state index in [1.54, 1.807) is 37.3 Å². The molecule has 3 rings (SSSR count). The van der Waals surface area contributed by atoms with Crippen LogP contribution in [0.5, 0.6) is 5.75 Å². The minimum absolute atomic E-state index is 0.00573. The molecule has 0 aromatic heterocycles. The summed E-state index contributed by atoms with van der Waals surface area (Å²) in [4.78, 5) is 28.7. The van der Waals surface area contributed by atoms with Crippen LogP contribution < -0.4 is 14.4 Å². The fraction of sp³-hybridized carbons (Fsp3) is 0.333. The lowest BCUT2D eigenvalue weighted by Crippen LogP contribution is -2.54. The van der Waals surface area contributed by atoms with Crippen LogP contribution in [0.1, 0.15) is 38.8 Å². The van der Waals surface area contributed by atoms with Gasteiger partial charge < -0.3 is 15.0 Å². The average Bonchev–Trinajstić information content (AvgIpc) is 2.90. The Hall–Kier alpha value is -3.56. The van der Waals surface area contributed by atoms with Crippen molar-refractivity contribution >= 4 is 39.1 Å². The summed E-state index contributed by atoms with van der Waals surface area (Å²) in [6.07, 6.45) is 0. The second-order valence-corrected chi connectivity index (χ2v) is 12.8. The van der Waals surface area contributed by atoms with Gasteiger partial charge in [0.05, 0.1) is 17.7 Å². The SMILES string of the molecule is COc1ccc(Cl)cc1N(CC(=O)N(Cc1ccccc1C)[C@@H](C)C(=O)NC(C)(C)C)S(=O)(=O)c1ccccc1. The zero-order valence-electron chi connectivity index (χ0n) is 23.6. The number of anilines is 1. The number of amides is 2. The molecule has 1 atom stereocenters. The largest absolute Gasteiger partial charge is 0.495 e. The van der Waals surface area contributed by atoms with Gasteiger partial charge in [-0.25, -0.2) is 8.42 Å². The highest BCUT2D eigenvalue weighted by atomic mass is 35.5. The maximum absolute atomic E-state index is 14.1. The maximum Gasteiger partial charge on any atom is 0.264 e. The van der Waals surface area contributed by atoms with Crippen LogP contribution in [0.3, 0.4) is 0 Å². The second kappa shape index (κ2) is 12.7. The zero-order valence-corrected chi connectivity index (χ0v) is 25.2. The maximum atomic E-state index is 14.1. The van der Waals surface area contributed by atoms with E-state index in [2.05, 4.69) is 5.32 Å². The summed E-state index contributed by atoms with van der Waals surface area (Å²) in [5, 5.41) is 3.19. The molecule has 3 aromatic rings. The molecule has 0 spiro atoms. The van der Waals surface area contributed by atoms with Gasteiger partial charge in [0.25, 0.3) is 10.0 Å². The van der Waals surface area contributed by atoms with Gasteiger partial charge in [0.1, 0.15) is 18.3 Å². The number of nitrogens with zero attached hydrogens (tertiary/aromatic N) is 2. The van der Waals surface area contributed by atoms with Crippen molar-refractivity contribution in [1.82, 2.24) is 10.2 Å². The molecule has 0 heterocycles. The lowest BCUT2D eigenvalue weighted by Gasteiger charge is -2.34. The van der Waals surface area contributed by atoms with Crippen molar-refractivity contribution in [1.29, 1.82) is 0 Å². The van der Waals surface area contributed by atoms with Crippen molar-refractivity contribution in [2.24, 2.45) is 0 Å². The summed E-state index contributed by atoms with van der Waals surface area (Å²) in [6.45, 7) is 8.62. The van der Waals surface area contributed by atoms with Crippen LogP contribution in [0.15, 0.2) is 77.7 Å². The summed E-state index contributed by atoms with van der Waals surface area (Å²) < 4.78 is 34.3. The van der Waals surface area contributed by atoms with Crippen molar-refractivity contribution in [3.8, 4) is 5.75 Å². The van der Waals surface area contributed by atoms with E-state index in [1.165, 1.54) is 30.2 Å². The van der Waals surface area contributed by atoms with Gasteiger partial charge in [0.2, 0.25) is 11.8 Å². The number of aryl methyl sites for hydroxylation is 1. The van der Waals surface area contributed by atoms with Crippen LogP contribution in [0.2, 0.25) is 5.02 Å². The summed E-state index contributed by atoms with van der Waals surface area (Å²) in [5.41, 5.74) is 1.35. The smallest absolute Gasteiger partial charge is 0.264 e. The van der Waals surface area contributed by atoms with Crippen LogP contribution in [-0.4, -0.2) is 50.4 Å². The van der Waals surface area contributed by atoms with Crippen molar-refractivity contribution in [2.75, 3.05) is 18.0 Å². The number of ether oxygens (including phenoxy) is 1. The van der Waals surface area contributed by atoms with E-state index in [1.807, 2.05) is 52.0 Å². The lowest BCUT2D eigenvalue weighted by atomic mass is 10.1. The van der Waals surface area contributed by atoms with Crippen molar-refractivity contribution in [3.63, 3.8) is 0 Å². The van der Waals surface area contributed by atoms with Crippen LogP contribution in [0, 0.1) is 6.92 Å². The number of methoxy groups -OCH3 is 1. The highest BCUT2D eigenvalue weighted by molar-refractivity contribution is 7.92. The number of carbonyl (C=O) groups is 2. The number of benzene rings is 3. The van der Waals surface area contributed by atoms with E-state index < -0.39 is 34.1 Å². The number of sulfonamides is 1. The Morgan fingerprint density at radius 1 is 1.00 bits per heavy atom. The van der Waals surface area contributed by atoms with Gasteiger partial charge in [-0.1, -0.05) is 54.1 Å². The van der Waals surface area contributed by atoms with Gasteiger partial charge in [-0.05, 0) is 76.1 Å². The molecule has 3 aromatic carbocycles. The number of halogens is 1. The molecule has 8 nitrogen and oxygen atoms in total. The van der Waals surface area contributed by atoms with Crippen molar-refractivity contribution in [3.05, 3.63) is 88.9 Å². The predicted octanol–water partition coefficient (Wildman–Crippen LogP) is 5.18. The summed E-state index contributed by atoms with van der Waals surface area (Å²) in [5.74, 6) is -0.700. The van der Waals surface area contributed by atoms with E-state index in [9.17, 15) is 18.0 Å². The molecule has 0 fully saturated rings. The molecule has 40 heavy (non-hydrogen) atoms. The quantitative estimate of drug-likeness (QED) is 0.353. The summed E-state index contributed by atoms with van der Waals surface area (Å²) >= 11 is 6.27. The van der Waals surface area contributed by atoms with Gasteiger partial charge in [-0.3, -0.25) is 13.9 Å². The third-order valence-electron chi connectivity index (χ3n) is 6.29. The predicted molar refractivity (Wildman–Crippen MR) is 158 cm³/mol. The topological polar surface area (TPSA) is 96.0 Å². The van der Waals surface area contributed by atoms with Gasteiger partial charge in [0, 0.05) is 17.1 Å². The van der Waals surface area contributed by atoms with Crippen molar-refractivity contribution in [2.45, 2.75) is 57.6 Å². The lowest BCUT2D eigenvalue weighted by molar-refractivity contribution is -0.140. The molecule has 0 unspecified atom stereocenters. The molecule has 1 N–H and O–H groups in total. The molecule has 10 heteroatoms. The number of carbonyl (C=O) groups excluding carboxylic acids is 2. The first-order valence-electron chi connectivity index (χ1n) is 12.8. The monoisotopic (exact) mass is 585 g/mol. The molecule has 0 aliphatic heterocycles. The minimum atomic E-state index is -4.24. The Labute approximate surface area is 241 Å². The average molecular weight is 586 g/mol. The molecule has 0 bridgehead atoms. The Morgan fingerprint density at radius 2 is 1.62 bits per heavy atom. The first kappa shape index (κ1) is 31.0. The molecule has 0 aliphatic rings. The van der Waals surface area contributed by atoms with Crippen LogP contribution >= 0.6 is 11.6 Å². The zero-order chi connectivity index (χ0) is 29.7. The standard InChI is InChI=1S/C30H36ClN3O5S/c1-21-12-10-11-13-23(21)19-33(22(2)29(36)32-30(3,4)5)28(35)20-34(26-18-24(31)16-17-27(26)39-6)40(37,38)25-14-8-7-9-15-25/h7-18,22H,19-20H2,1-6H3,(H,32,36)/t22-/m0/s1. The van der Waals surface area contributed by atoms with E-state index in [4.69, 9.17) is 16.3 Å². The van der Waals surface area contributed by atoms with E-state index in [0.29, 0.717) is 0 Å².